The standard InChI is InChI=1S/C18H23N3O3S/c1-13-5-7-16(8-6-13)25(23,24)21-11-9-15(12-21)18(22)20-17-4-3-10-19-14(17)2/h5-9,11-12,14,17,19H,3-4,10H2,1-2H3,(H,20,22). The maximum absolute atomic E-state index is 12.6. The number of hydrogen-bond donors (Lipinski definition) is 2. The number of benzene rings is 1. The molecule has 1 fully saturated rings. The molecular weight excluding hydrogens is 338 g/mol. The van der Waals surface area contributed by atoms with Crippen molar-refractivity contribution in [1.82, 2.24) is 14.6 Å². The number of nitrogens with one attached hydrogen (secondary N) is 2. The van der Waals surface area contributed by atoms with Crippen molar-refractivity contribution < 1.29 is 13.2 Å². The van der Waals surface area contributed by atoms with Gasteiger partial charge in [0, 0.05) is 24.5 Å². The second kappa shape index (κ2) is 7.01. The molecule has 2 unspecified atom stereocenters. The van der Waals surface area contributed by atoms with Gasteiger partial charge >= 0.3 is 0 Å². The summed E-state index contributed by atoms with van der Waals surface area (Å²) >= 11 is 0. The Kier molecular flexibility index (Phi) is 4.96. The van der Waals surface area contributed by atoms with Crippen LogP contribution in [-0.4, -0.2) is 36.9 Å². The lowest BCUT2D eigenvalue weighted by atomic mass is 9.99. The van der Waals surface area contributed by atoms with E-state index in [1.807, 2.05) is 13.8 Å². The van der Waals surface area contributed by atoms with E-state index in [4.69, 9.17) is 0 Å². The second-order valence-electron chi connectivity index (χ2n) is 6.51. The Morgan fingerprint density at radius 2 is 1.96 bits per heavy atom. The summed E-state index contributed by atoms with van der Waals surface area (Å²) in [6.07, 6.45) is 4.71. The molecule has 2 N–H and O–H groups in total. The lowest BCUT2D eigenvalue weighted by Gasteiger charge is -2.30. The van der Waals surface area contributed by atoms with Crippen molar-refractivity contribution in [3.8, 4) is 0 Å². The van der Waals surface area contributed by atoms with Crippen molar-refractivity contribution in [2.24, 2.45) is 0 Å². The molecule has 0 aliphatic carbocycles. The van der Waals surface area contributed by atoms with Crippen molar-refractivity contribution in [2.75, 3.05) is 6.54 Å². The predicted molar refractivity (Wildman–Crippen MR) is 96.1 cm³/mol. The molecule has 6 nitrogen and oxygen atoms in total. The normalized spacial score (nSPS) is 21.0. The zero-order valence-corrected chi connectivity index (χ0v) is 15.2. The Morgan fingerprint density at radius 1 is 1.24 bits per heavy atom. The van der Waals surface area contributed by atoms with Crippen LogP contribution in [0.1, 0.15) is 35.7 Å². The SMILES string of the molecule is Cc1ccc(S(=O)(=O)n2ccc(C(=O)NC3CCCNC3C)c2)cc1. The van der Waals surface area contributed by atoms with E-state index in [-0.39, 0.29) is 22.9 Å². The van der Waals surface area contributed by atoms with Crippen LogP contribution < -0.4 is 10.6 Å². The van der Waals surface area contributed by atoms with Crippen LogP contribution in [-0.2, 0) is 10.0 Å². The summed E-state index contributed by atoms with van der Waals surface area (Å²) in [5.74, 6) is -0.251. The lowest BCUT2D eigenvalue weighted by molar-refractivity contribution is 0.0920. The van der Waals surface area contributed by atoms with E-state index in [0.29, 0.717) is 5.56 Å². The first-order chi connectivity index (χ1) is 11.9. The van der Waals surface area contributed by atoms with Crippen molar-refractivity contribution in [3.05, 3.63) is 53.9 Å². The quantitative estimate of drug-likeness (QED) is 0.872. The smallest absolute Gasteiger partial charge is 0.267 e. The third-order valence-corrected chi connectivity index (χ3v) is 6.25. The largest absolute Gasteiger partial charge is 0.348 e. The molecule has 1 aromatic carbocycles. The number of aromatic nitrogens is 1. The summed E-state index contributed by atoms with van der Waals surface area (Å²) in [6, 6.07) is 8.43. The summed E-state index contributed by atoms with van der Waals surface area (Å²) in [7, 11) is -3.69. The molecule has 2 heterocycles. The van der Waals surface area contributed by atoms with Gasteiger partial charge in [-0.2, -0.15) is 0 Å². The first kappa shape index (κ1) is 17.7. The van der Waals surface area contributed by atoms with Crippen LogP contribution in [0.15, 0.2) is 47.6 Å². The molecule has 7 heteroatoms. The highest BCUT2D eigenvalue weighted by atomic mass is 32.2. The van der Waals surface area contributed by atoms with E-state index in [9.17, 15) is 13.2 Å². The van der Waals surface area contributed by atoms with E-state index in [0.717, 1.165) is 28.9 Å². The van der Waals surface area contributed by atoms with Crippen LogP contribution in [0.4, 0.5) is 0 Å². The number of nitrogens with zero attached hydrogens (tertiary/aromatic N) is 1. The molecule has 1 aliphatic rings. The molecule has 0 bridgehead atoms. The second-order valence-corrected chi connectivity index (χ2v) is 8.36. The highest BCUT2D eigenvalue weighted by Gasteiger charge is 2.24. The van der Waals surface area contributed by atoms with Crippen LogP contribution in [0.25, 0.3) is 0 Å². The number of carbonyl (C=O) groups is 1. The van der Waals surface area contributed by atoms with Crippen molar-refractivity contribution >= 4 is 15.9 Å². The summed E-state index contributed by atoms with van der Waals surface area (Å²) in [4.78, 5) is 12.6. The monoisotopic (exact) mass is 361 g/mol. The van der Waals surface area contributed by atoms with Gasteiger partial charge in [-0.05, 0) is 51.4 Å². The first-order valence-corrected chi connectivity index (χ1v) is 9.86. The molecular formula is C18H23N3O3S. The first-order valence-electron chi connectivity index (χ1n) is 8.42. The van der Waals surface area contributed by atoms with Gasteiger partial charge in [-0.1, -0.05) is 17.7 Å². The van der Waals surface area contributed by atoms with Gasteiger partial charge in [0.2, 0.25) is 0 Å². The number of rotatable bonds is 4. The fraction of sp³-hybridized carbons (Fsp3) is 0.389. The van der Waals surface area contributed by atoms with Crippen LogP contribution in [0.2, 0.25) is 0 Å². The molecule has 0 spiro atoms. The van der Waals surface area contributed by atoms with Crippen molar-refractivity contribution in [1.29, 1.82) is 0 Å². The van der Waals surface area contributed by atoms with E-state index in [1.165, 1.54) is 18.5 Å². The molecule has 25 heavy (non-hydrogen) atoms. The topological polar surface area (TPSA) is 80.2 Å². The molecule has 1 saturated heterocycles. The number of piperidine rings is 1. The molecule has 2 atom stereocenters. The van der Waals surface area contributed by atoms with Crippen LogP contribution in [0, 0.1) is 6.92 Å². The Balaban J connectivity index is 1.77. The van der Waals surface area contributed by atoms with Crippen LogP contribution in [0.5, 0.6) is 0 Å². The summed E-state index contributed by atoms with van der Waals surface area (Å²) in [5.41, 5.74) is 1.33. The van der Waals surface area contributed by atoms with Gasteiger partial charge in [0.25, 0.3) is 15.9 Å². The van der Waals surface area contributed by atoms with Crippen LogP contribution in [0.3, 0.4) is 0 Å². The van der Waals surface area contributed by atoms with E-state index < -0.39 is 10.0 Å². The molecule has 0 radical (unpaired) electrons. The third kappa shape index (κ3) is 3.77. The number of aryl methyl sites for hydroxylation is 1. The summed E-state index contributed by atoms with van der Waals surface area (Å²) in [6.45, 7) is 4.89. The Hall–Kier alpha value is -2.12. The van der Waals surface area contributed by atoms with Crippen molar-refractivity contribution in [2.45, 2.75) is 43.7 Å². The molecule has 0 saturated carbocycles. The fourth-order valence-electron chi connectivity index (χ4n) is 2.99. The van der Waals surface area contributed by atoms with Gasteiger partial charge in [0.05, 0.1) is 10.5 Å². The zero-order valence-electron chi connectivity index (χ0n) is 14.4. The minimum atomic E-state index is -3.69. The number of carbonyl (C=O) groups excluding carboxylic acids is 1. The molecule has 1 aromatic heterocycles. The van der Waals surface area contributed by atoms with Gasteiger partial charge in [-0.15, -0.1) is 0 Å². The van der Waals surface area contributed by atoms with E-state index >= 15 is 0 Å². The molecule has 1 aliphatic heterocycles. The molecule has 1 amide bonds. The van der Waals surface area contributed by atoms with E-state index in [2.05, 4.69) is 10.6 Å². The van der Waals surface area contributed by atoms with Crippen molar-refractivity contribution in [3.63, 3.8) is 0 Å². The minimum Gasteiger partial charge on any atom is -0.348 e. The highest BCUT2D eigenvalue weighted by Crippen LogP contribution is 2.16. The maximum atomic E-state index is 12.6. The fourth-order valence-corrected chi connectivity index (χ4v) is 4.18. The average Bonchev–Trinajstić information content (AvgIpc) is 3.08. The average molecular weight is 361 g/mol. The van der Waals surface area contributed by atoms with Crippen LogP contribution >= 0.6 is 0 Å². The summed E-state index contributed by atoms with van der Waals surface area (Å²) in [5, 5.41) is 6.32. The van der Waals surface area contributed by atoms with Gasteiger partial charge in [0.1, 0.15) is 0 Å². The van der Waals surface area contributed by atoms with Gasteiger partial charge in [-0.25, -0.2) is 12.4 Å². The van der Waals surface area contributed by atoms with E-state index in [1.54, 1.807) is 24.3 Å². The summed E-state index contributed by atoms with van der Waals surface area (Å²) < 4.78 is 26.4. The number of amides is 1. The predicted octanol–water partition coefficient (Wildman–Crippen LogP) is 1.90. The van der Waals surface area contributed by atoms with Gasteiger partial charge < -0.3 is 10.6 Å². The Bertz CT molecular complexity index is 856. The third-order valence-electron chi connectivity index (χ3n) is 4.60. The molecule has 3 rings (SSSR count). The Morgan fingerprint density at radius 3 is 2.64 bits per heavy atom. The molecule has 134 valence electrons. The minimum absolute atomic E-state index is 0.0540. The molecule has 2 aromatic rings. The maximum Gasteiger partial charge on any atom is 0.267 e. The highest BCUT2D eigenvalue weighted by molar-refractivity contribution is 7.90. The Labute approximate surface area is 148 Å². The lowest BCUT2D eigenvalue weighted by Crippen LogP contribution is -2.51. The van der Waals surface area contributed by atoms with Gasteiger partial charge in [-0.3, -0.25) is 4.79 Å². The zero-order chi connectivity index (χ0) is 18.0. The van der Waals surface area contributed by atoms with Gasteiger partial charge in [0.15, 0.2) is 0 Å². The number of hydrogen-bond acceptors (Lipinski definition) is 4.